The Kier molecular flexibility index (Phi) is 3.45. The van der Waals surface area contributed by atoms with Gasteiger partial charge >= 0.3 is 0 Å². The highest BCUT2D eigenvalue weighted by atomic mass is 19.1. The Morgan fingerprint density at radius 3 is 2.79 bits per heavy atom. The Morgan fingerprint density at radius 2 is 2.29 bits per heavy atom. The lowest BCUT2D eigenvalue weighted by atomic mass is 10.1. The third kappa shape index (κ3) is 2.22. The third-order valence-electron chi connectivity index (χ3n) is 1.80. The lowest BCUT2D eigenvalue weighted by Gasteiger charge is -2.05. The highest BCUT2D eigenvalue weighted by Crippen LogP contribution is 2.18. The zero-order valence-corrected chi connectivity index (χ0v) is 8.12. The maximum atomic E-state index is 13.3. The summed E-state index contributed by atoms with van der Waals surface area (Å²) < 4.78 is 18.3. The van der Waals surface area contributed by atoms with Crippen molar-refractivity contribution in [1.82, 2.24) is 0 Å². The largest absolute Gasteiger partial charge is 0.491 e. The van der Waals surface area contributed by atoms with Gasteiger partial charge in [-0.3, -0.25) is 0 Å². The second-order valence-corrected chi connectivity index (χ2v) is 2.76. The number of halogens is 1. The van der Waals surface area contributed by atoms with E-state index >= 15 is 0 Å². The molecule has 0 bridgehead atoms. The van der Waals surface area contributed by atoms with Crippen LogP contribution in [0.2, 0.25) is 0 Å². The summed E-state index contributed by atoms with van der Waals surface area (Å²) in [5.74, 6) is -0.241. The van der Waals surface area contributed by atoms with Crippen molar-refractivity contribution in [2.45, 2.75) is 13.8 Å². The fraction of sp³-hybridized carbons (Fsp3) is 0.300. The zero-order chi connectivity index (χ0) is 10.6. The van der Waals surface area contributed by atoms with E-state index in [-0.39, 0.29) is 5.75 Å². The first-order valence-electron chi connectivity index (χ1n) is 4.30. The van der Waals surface area contributed by atoms with Crippen molar-refractivity contribution in [3.8, 4) is 5.75 Å². The van der Waals surface area contributed by atoms with Crippen molar-refractivity contribution in [3.05, 3.63) is 29.6 Å². The second-order valence-electron chi connectivity index (χ2n) is 2.76. The number of ether oxygens (including phenoxy) is 1. The molecule has 14 heavy (non-hydrogen) atoms. The van der Waals surface area contributed by atoms with Crippen molar-refractivity contribution in [2.75, 3.05) is 6.61 Å². The molecule has 1 aromatic rings. The van der Waals surface area contributed by atoms with E-state index in [9.17, 15) is 4.39 Å². The first kappa shape index (κ1) is 10.5. The Balaban J connectivity index is 3.00. The molecule has 0 spiro atoms. The van der Waals surface area contributed by atoms with Crippen molar-refractivity contribution in [3.63, 3.8) is 0 Å². The van der Waals surface area contributed by atoms with Crippen LogP contribution in [0.3, 0.4) is 0 Å². The van der Waals surface area contributed by atoms with Crippen LogP contribution < -0.4 is 4.74 Å². The predicted molar refractivity (Wildman–Crippen MR) is 51.6 cm³/mol. The van der Waals surface area contributed by atoms with Crippen LogP contribution in [0.4, 0.5) is 4.39 Å². The Labute approximate surface area is 81.8 Å². The first-order chi connectivity index (χ1) is 6.69. The SMILES string of the molecule is CCOc1ccc(/C(C)=N/O)cc1F. The van der Waals surface area contributed by atoms with E-state index in [1.165, 1.54) is 12.1 Å². The van der Waals surface area contributed by atoms with E-state index in [1.54, 1.807) is 19.9 Å². The van der Waals surface area contributed by atoms with E-state index in [0.717, 1.165) is 0 Å². The molecule has 4 heteroatoms. The summed E-state index contributed by atoms with van der Waals surface area (Å²) in [4.78, 5) is 0. The molecule has 0 heterocycles. The van der Waals surface area contributed by atoms with Crippen LogP contribution in [-0.2, 0) is 0 Å². The van der Waals surface area contributed by atoms with Crippen LogP contribution in [0.25, 0.3) is 0 Å². The topological polar surface area (TPSA) is 41.8 Å². The predicted octanol–water partition coefficient (Wildman–Crippen LogP) is 2.42. The Bertz CT molecular complexity index is 350. The van der Waals surface area contributed by atoms with E-state index in [0.29, 0.717) is 17.9 Å². The average molecular weight is 197 g/mol. The van der Waals surface area contributed by atoms with Gasteiger partial charge in [0, 0.05) is 5.56 Å². The summed E-state index contributed by atoms with van der Waals surface area (Å²) in [6.07, 6.45) is 0. The molecule has 0 saturated heterocycles. The Hall–Kier alpha value is -1.58. The summed E-state index contributed by atoms with van der Waals surface area (Å²) in [7, 11) is 0. The smallest absolute Gasteiger partial charge is 0.165 e. The molecule has 76 valence electrons. The van der Waals surface area contributed by atoms with Gasteiger partial charge in [0.15, 0.2) is 11.6 Å². The molecule has 0 radical (unpaired) electrons. The summed E-state index contributed by atoms with van der Waals surface area (Å²) >= 11 is 0. The van der Waals surface area contributed by atoms with E-state index in [2.05, 4.69) is 5.16 Å². The first-order valence-corrected chi connectivity index (χ1v) is 4.30. The molecular weight excluding hydrogens is 185 g/mol. The second kappa shape index (κ2) is 4.60. The summed E-state index contributed by atoms with van der Waals surface area (Å²) in [6.45, 7) is 3.80. The molecule has 0 fully saturated rings. The van der Waals surface area contributed by atoms with Gasteiger partial charge in [-0.1, -0.05) is 5.16 Å². The molecule has 1 rings (SSSR count). The summed E-state index contributed by atoms with van der Waals surface area (Å²) in [5, 5.41) is 11.5. The number of hydrogen-bond acceptors (Lipinski definition) is 3. The molecule has 0 saturated carbocycles. The van der Waals surface area contributed by atoms with Gasteiger partial charge in [0.05, 0.1) is 12.3 Å². The van der Waals surface area contributed by atoms with Gasteiger partial charge < -0.3 is 9.94 Å². The van der Waals surface area contributed by atoms with Gasteiger partial charge in [-0.05, 0) is 32.0 Å². The lowest BCUT2D eigenvalue weighted by Crippen LogP contribution is -1.99. The van der Waals surface area contributed by atoms with Crippen molar-refractivity contribution >= 4 is 5.71 Å². The molecule has 0 aliphatic rings. The minimum atomic E-state index is -0.452. The minimum absolute atomic E-state index is 0.210. The molecule has 1 aromatic carbocycles. The molecule has 0 aromatic heterocycles. The number of rotatable bonds is 3. The normalized spacial score (nSPS) is 11.5. The highest BCUT2D eigenvalue weighted by molar-refractivity contribution is 5.98. The standard InChI is InChI=1S/C10H12FNO2/c1-3-14-10-5-4-8(6-9(10)11)7(2)12-13/h4-6,13H,3H2,1-2H3/b12-7+. The van der Waals surface area contributed by atoms with Crippen LogP contribution in [0.1, 0.15) is 19.4 Å². The fourth-order valence-electron chi connectivity index (χ4n) is 1.06. The molecule has 0 amide bonds. The van der Waals surface area contributed by atoms with Gasteiger partial charge in [-0.25, -0.2) is 4.39 Å². The molecular formula is C10H12FNO2. The number of benzene rings is 1. The molecule has 0 aliphatic heterocycles. The van der Waals surface area contributed by atoms with Crippen molar-refractivity contribution in [2.24, 2.45) is 5.16 Å². The van der Waals surface area contributed by atoms with E-state index < -0.39 is 5.82 Å². The number of oxime groups is 1. The quantitative estimate of drug-likeness (QED) is 0.459. The van der Waals surface area contributed by atoms with Crippen LogP contribution in [0.5, 0.6) is 5.75 Å². The van der Waals surface area contributed by atoms with Gasteiger partial charge in [0.1, 0.15) is 0 Å². The monoisotopic (exact) mass is 197 g/mol. The molecule has 0 atom stereocenters. The van der Waals surface area contributed by atoms with Crippen LogP contribution >= 0.6 is 0 Å². The van der Waals surface area contributed by atoms with Crippen LogP contribution in [0, 0.1) is 5.82 Å². The number of nitrogens with zero attached hydrogens (tertiary/aromatic N) is 1. The minimum Gasteiger partial charge on any atom is -0.491 e. The van der Waals surface area contributed by atoms with Crippen LogP contribution in [-0.4, -0.2) is 17.5 Å². The fourth-order valence-corrected chi connectivity index (χ4v) is 1.06. The van der Waals surface area contributed by atoms with Crippen molar-refractivity contribution in [1.29, 1.82) is 0 Å². The molecule has 0 aliphatic carbocycles. The Morgan fingerprint density at radius 1 is 1.57 bits per heavy atom. The van der Waals surface area contributed by atoms with Gasteiger partial charge in [-0.15, -0.1) is 0 Å². The average Bonchev–Trinajstić information content (AvgIpc) is 2.20. The molecule has 3 nitrogen and oxygen atoms in total. The molecule has 1 N–H and O–H groups in total. The maximum Gasteiger partial charge on any atom is 0.165 e. The summed E-state index contributed by atoms with van der Waals surface area (Å²) in [5.41, 5.74) is 0.903. The maximum absolute atomic E-state index is 13.3. The van der Waals surface area contributed by atoms with Gasteiger partial charge in [0.25, 0.3) is 0 Å². The molecule has 0 unspecified atom stereocenters. The summed E-state index contributed by atoms with van der Waals surface area (Å²) in [6, 6.07) is 4.44. The lowest BCUT2D eigenvalue weighted by molar-refractivity contribution is 0.318. The zero-order valence-electron chi connectivity index (χ0n) is 8.12. The van der Waals surface area contributed by atoms with Gasteiger partial charge in [0.2, 0.25) is 0 Å². The third-order valence-corrected chi connectivity index (χ3v) is 1.80. The van der Waals surface area contributed by atoms with Crippen LogP contribution in [0.15, 0.2) is 23.4 Å². The highest BCUT2D eigenvalue weighted by Gasteiger charge is 2.05. The number of hydrogen-bond donors (Lipinski definition) is 1. The van der Waals surface area contributed by atoms with E-state index in [1.807, 2.05) is 0 Å². The van der Waals surface area contributed by atoms with E-state index in [4.69, 9.17) is 9.94 Å². The van der Waals surface area contributed by atoms with Crippen molar-refractivity contribution < 1.29 is 14.3 Å². The van der Waals surface area contributed by atoms with Gasteiger partial charge in [-0.2, -0.15) is 0 Å².